The third-order valence-corrected chi connectivity index (χ3v) is 4.03. The maximum atomic E-state index is 11.6. The number of nitrogens with two attached hydrogens (primary N) is 2. The van der Waals surface area contributed by atoms with Crippen molar-refractivity contribution < 1.29 is 9.53 Å². The van der Waals surface area contributed by atoms with E-state index in [1.54, 1.807) is 32.2 Å². The Balaban J connectivity index is 0.00000163. The van der Waals surface area contributed by atoms with Crippen LogP contribution in [-0.2, 0) is 4.79 Å². The predicted octanol–water partition coefficient (Wildman–Crippen LogP) is 3.27. The van der Waals surface area contributed by atoms with Crippen molar-refractivity contribution in [1.29, 1.82) is 0 Å². The number of allylic oxidation sites excluding steroid dienone is 2. The van der Waals surface area contributed by atoms with E-state index in [0.29, 0.717) is 23.6 Å². The van der Waals surface area contributed by atoms with Gasteiger partial charge in [0.1, 0.15) is 5.75 Å². The van der Waals surface area contributed by atoms with Crippen LogP contribution < -0.4 is 21.5 Å². The van der Waals surface area contributed by atoms with Crippen molar-refractivity contribution in [2.24, 2.45) is 11.5 Å². The SMILES string of the molecule is CC.CCC(=O)Nc1cc(/C(N)=C/C=C(\N)N2CCCC2)ccc1OC. The molecule has 0 saturated carbocycles. The van der Waals surface area contributed by atoms with Crippen molar-refractivity contribution in [3.8, 4) is 5.75 Å². The van der Waals surface area contributed by atoms with Crippen molar-refractivity contribution in [2.75, 3.05) is 25.5 Å². The molecule has 1 aromatic rings. The molecule has 0 spiro atoms. The van der Waals surface area contributed by atoms with Crippen molar-refractivity contribution in [2.45, 2.75) is 40.0 Å². The summed E-state index contributed by atoms with van der Waals surface area (Å²) < 4.78 is 5.28. The quantitative estimate of drug-likeness (QED) is 0.677. The maximum Gasteiger partial charge on any atom is 0.224 e. The van der Waals surface area contributed by atoms with E-state index >= 15 is 0 Å². The molecule has 1 aromatic carbocycles. The van der Waals surface area contributed by atoms with Crippen LogP contribution in [-0.4, -0.2) is 31.0 Å². The number of amides is 1. The lowest BCUT2D eigenvalue weighted by Gasteiger charge is -2.16. The van der Waals surface area contributed by atoms with Gasteiger partial charge in [0.25, 0.3) is 0 Å². The molecule has 6 heteroatoms. The number of hydrogen-bond donors (Lipinski definition) is 3. The third kappa shape index (κ3) is 6.02. The number of methoxy groups -OCH3 is 1. The molecule has 0 aliphatic carbocycles. The first-order chi connectivity index (χ1) is 12.5. The van der Waals surface area contributed by atoms with Gasteiger partial charge in [0.05, 0.1) is 18.6 Å². The van der Waals surface area contributed by atoms with E-state index in [1.807, 2.05) is 26.0 Å². The number of ether oxygens (including phenoxy) is 1. The number of rotatable bonds is 6. The first kappa shape index (κ1) is 21.4. The van der Waals surface area contributed by atoms with Gasteiger partial charge in [-0.2, -0.15) is 0 Å². The van der Waals surface area contributed by atoms with Gasteiger partial charge in [-0.15, -0.1) is 0 Å². The van der Waals surface area contributed by atoms with Crippen LogP contribution in [0.1, 0.15) is 45.6 Å². The molecule has 0 radical (unpaired) electrons. The van der Waals surface area contributed by atoms with Gasteiger partial charge in [0.2, 0.25) is 5.91 Å². The summed E-state index contributed by atoms with van der Waals surface area (Å²) in [7, 11) is 1.56. The van der Waals surface area contributed by atoms with Crippen molar-refractivity contribution in [1.82, 2.24) is 4.90 Å². The van der Waals surface area contributed by atoms with Crippen LogP contribution in [0.5, 0.6) is 5.75 Å². The molecular formula is C20H32N4O2. The minimum absolute atomic E-state index is 0.0776. The fourth-order valence-corrected chi connectivity index (χ4v) is 2.58. The molecule has 1 fully saturated rings. The summed E-state index contributed by atoms with van der Waals surface area (Å²) in [6.07, 6.45) is 6.36. The van der Waals surface area contributed by atoms with Gasteiger partial charge in [0.15, 0.2) is 0 Å². The smallest absolute Gasteiger partial charge is 0.224 e. The lowest BCUT2D eigenvalue weighted by Crippen LogP contribution is -2.24. The molecule has 6 nitrogen and oxygen atoms in total. The fraction of sp³-hybridized carbons (Fsp3) is 0.450. The summed E-state index contributed by atoms with van der Waals surface area (Å²) in [4.78, 5) is 13.8. The molecule has 5 N–H and O–H groups in total. The van der Waals surface area contributed by atoms with Crippen LogP contribution in [0.3, 0.4) is 0 Å². The molecule has 1 aliphatic rings. The molecule has 1 saturated heterocycles. The maximum absolute atomic E-state index is 11.6. The Morgan fingerprint density at radius 3 is 2.46 bits per heavy atom. The molecule has 1 heterocycles. The van der Waals surface area contributed by atoms with E-state index in [9.17, 15) is 4.79 Å². The topological polar surface area (TPSA) is 93.6 Å². The van der Waals surface area contributed by atoms with Crippen LogP contribution in [0.4, 0.5) is 5.69 Å². The number of hydrogen-bond acceptors (Lipinski definition) is 5. The fourth-order valence-electron chi connectivity index (χ4n) is 2.58. The first-order valence-corrected chi connectivity index (χ1v) is 9.21. The second-order valence-electron chi connectivity index (χ2n) is 5.72. The van der Waals surface area contributed by atoms with Crippen LogP contribution in [0.2, 0.25) is 0 Å². The van der Waals surface area contributed by atoms with Gasteiger partial charge < -0.3 is 26.4 Å². The number of carbonyl (C=O) groups is 1. The standard InChI is InChI=1S/C18H26N4O2.C2H6/c1-3-18(23)21-15-12-13(6-8-16(15)24-2)14(19)7-9-17(20)22-10-4-5-11-22;1-2/h6-9,12H,3-5,10-11,19-20H2,1-2H3,(H,21,23);1-2H3/b14-7-,17-9+;. The zero-order valence-electron chi connectivity index (χ0n) is 16.3. The minimum Gasteiger partial charge on any atom is -0.495 e. The van der Waals surface area contributed by atoms with Gasteiger partial charge in [0, 0.05) is 25.2 Å². The third-order valence-electron chi connectivity index (χ3n) is 4.03. The van der Waals surface area contributed by atoms with E-state index < -0.39 is 0 Å². The first-order valence-electron chi connectivity index (χ1n) is 9.21. The average molecular weight is 361 g/mol. The van der Waals surface area contributed by atoms with Crippen LogP contribution in [0.15, 0.2) is 36.2 Å². The highest BCUT2D eigenvalue weighted by atomic mass is 16.5. The number of carbonyl (C=O) groups excluding carboxylic acids is 1. The molecule has 0 atom stereocenters. The number of nitrogens with one attached hydrogen (secondary N) is 1. The van der Waals surface area contributed by atoms with Crippen molar-refractivity contribution >= 4 is 17.3 Å². The highest BCUT2D eigenvalue weighted by molar-refractivity contribution is 5.92. The minimum atomic E-state index is -0.0776. The number of likely N-dealkylation sites (tertiary alicyclic amines) is 1. The summed E-state index contributed by atoms with van der Waals surface area (Å²) in [5.41, 5.74) is 14.2. The molecule has 26 heavy (non-hydrogen) atoms. The van der Waals surface area contributed by atoms with E-state index in [1.165, 1.54) is 12.8 Å². The van der Waals surface area contributed by atoms with Crippen LogP contribution in [0, 0.1) is 0 Å². The van der Waals surface area contributed by atoms with Gasteiger partial charge in [-0.05, 0) is 48.8 Å². The number of nitrogens with zero attached hydrogens (tertiary/aromatic N) is 1. The summed E-state index contributed by atoms with van der Waals surface area (Å²) in [5.74, 6) is 1.25. The largest absolute Gasteiger partial charge is 0.495 e. The summed E-state index contributed by atoms with van der Waals surface area (Å²) in [6, 6.07) is 5.44. The Morgan fingerprint density at radius 2 is 1.88 bits per heavy atom. The lowest BCUT2D eigenvalue weighted by molar-refractivity contribution is -0.115. The van der Waals surface area contributed by atoms with E-state index in [-0.39, 0.29) is 5.91 Å². The second-order valence-corrected chi connectivity index (χ2v) is 5.72. The molecular weight excluding hydrogens is 328 g/mol. The summed E-state index contributed by atoms with van der Waals surface area (Å²) in [5, 5.41) is 2.82. The monoisotopic (exact) mass is 360 g/mol. The summed E-state index contributed by atoms with van der Waals surface area (Å²) >= 11 is 0. The highest BCUT2D eigenvalue weighted by Gasteiger charge is 2.12. The van der Waals surface area contributed by atoms with E-state index in [4.69, 9.17) is 16.2 Å². The lowest BCUT2D eigenvalue weighted by atomic mass is 10.1. The number of anilines is 1. The molecule has 0 aromatic heterocycles. The van der Waals surface area contributed by atoms with Gasteiger partial charge in [-0.3, -0.25) is 4.79 Å². The molecule has 1 aliphatic heterocycles. The normalized spacial score (nSPS) is 14.5. The number of benzene rings is 1. The van der Waals surface area contributed by atoms with Crippen LogP contribution >= 0.6 is 0 Å². The molecule has 0 unspecified atom stereocenters. The van der Waals surface area contributed by atoms with Gasteiger partial charge in [-0.25, -0.2) is 0 Å². The highest BCUT2D eigenvalue weighted by Crippen LogP contribution is 2.27. The Hall–Kier alpha value is -2.63. The molecule has 1 amide bonds. The van der Waals surface area contributed by atoms with Crippen molar-refractivity contribution in [3.05, 3.63) is 41.7 Å². The molecule has 2 rings (SSSR count). The second kappa shape index (κ2) is 11.1. The Kier molecular flexibility index (Phi) is 9.12. The average Bonchev–Trinajstić information content (AvgIpc) is 3.22. The van der Waals surface area contributed by atoms with Gasteiger partial charge in [-0.1, -0.05) is 20.8 Å². The van der Waals surface area contributed by atoms with Crippen LogP contribution in [0.25, 0.3) is 5.70 Å². The predicted molar refractivity (Wildman–Crippen MR) is 109 cm³/mol. The Labute approximate surface area is 156 Å². The summed E-state index contributed by atoms with van der Waals surface area (Å²) in [6.45, 7) is 7.78. The molecule has 0 bridgehead atoms. The van der Waals surface area contributed by atoms with Crippen molar-refractivity contribution in [3.63, 3.8) is 0 Å². The zero-order chi connectivity index (χ0) is 19.5. The Morgan fingerprint density at radius 1 is 1.23 bits per heavy atom. The van der Waals surface area contributed by atoms with E-state index in [2.05, 4.69) is 10.2 Å². The van der Waals surface area contributed by atoms with E-state index in [0.717, 1.165) is 24.5 Å². The van der Waals surface area contributed by atoms with Gasteiger partial charge >= 0.3 is 0 Å². The Bertz CT molecular complexity index is 647. The molecule has 144 valence electrons. The zero-order valence-corrected chi connectivity index (χ0v) is 16.3.